The van der Waals surface area contributed by atoms with Crippen molar-refractivity contribution in [3.63, 3.8) is 0 Å². The number of rotatable bonds is 7. The number of benzene rings is 5. The van der Waals surface area contributed by atoms with E-state index in [1.165, 1.54) is 0 Å². The van der Waals surface area contributed by atoms with Gasteiger partial charge in [0.15, 0.2) is 5.82 Å². The number of hydrogen-bond donors (Lipinski definition) is 0. The van der Waals surface area contributed by atoms with Crippen LogP contribution in [0.2, 0.25) is 0 Å². The van der Waals surface area contributed by atoms with E-state index in [1.54, 1.807) is 12.4 Å². The maximum Gasteiger partial charge on any atom is 0.160 e. The van der Waals surface area contributed by atoms with Crippen molar-refractivity contribution in [2.24, 2.45) is 0 Å². The highest BCUT2D eigenvalue weighted by molar-refractivity contribution is 6.13. The van der Waals surface area contributed by atoms with Gasteiger partial charge in [0.25, 0.3) is 0 Å². The number of para-hydroxylation sites is 2. The number of pyridine rings is 3. The standard InChI is InChI=1S/C49H31N5O/c1-3-14-32(15-4-1)43-31-44(54-49(53-43)33-16-5-2-6-17-33)40-23-13-22-39-38-21-12-20-37(47(38)55-48(39)40)35-19-11-18-34(28-35)36-29-45(41-24-7-9-26-50-41)52-46(30-36)42-25-8-10-27-51-42/h1-31H. The second kappa shape index (κ2) is 13.8. The van der Waals surface area contributed by atoms with E-state index < -0.39 is 0 Å². The largest absolute Gasteiger partial charge is 0.455 e. The molecule has 0 aliphatic carbocycles. The Morgan fingerprint density at radius 3 is 1.51 bits per heavy atom. The average Bonchev–Trinajstić information content (AvgIpc) is 3.67. The van der Waals surface area contributed by atoms with Gasteiger partial charge in [0.05, 0.1) is 34.2 Å². The summed E-state index contributed by atoms with van der Waals surface area (Å²) in [7, 11) is 0. The van der Waals surface area contributed by atoms with Crippen LogP contribution in [0.25, 0.3) is 101 Å². The van der Waals surface area contributed by atoms with Crippen molar-refractivity contribution in [2.45, 2.75) is 0 Å². The van der Waals surface area contributed by atoms with E-state index in [2.05, 4.69) is 101 Å². The van der Waals surface area contributed by atoms with Crippen molar-refractivity contribution in [3.8, 4) is 78.9 Å². The second-order valence-corrected chi connectivity index (χ2v) is 13.3. The molecule has 6 nitrogen and oxygen atoms in total. The van der Waals surface area contributed by atoms with Gasteiger partial charge in [-0.2, -0.15) is 0 Å². The molecule has 0 aliphatic heterocycles. The smallest absolute Gasteiger partial charge is 0.160 e. The Labute approximate surface area is 317 Å². The molecule has 6 heteroatoms. The van der Waals surface area contributed by atoms with E-state index in [1.807, 2.05) is 84.9 Å². The number of nitrogens with zero attached hydrogens (tertiary/aromatic N) is 5. The van der Waals surface area contributed by atoms with Crippen LogP contribution in [0.1, 0.15) is 0 Å². The Kier molecular flexibility index (Phi) is 8.04. The number of aromatic nitrogens is 5. The highest BCUT2D eigenvalue weighted by atomic mass is 16.3. The molecule has 0 atom stereocenters. The van der Waals surface area contributed by atoms with Gasteiger partial charge in [0.1, 0.15) is 11.2 Å². The molecule has 0 radical (unpaired) electrons. The predicted octanol–water partition coefficient (Wildman–Crippen LogP) is 12.2. The van der Waals surface area contributed by atoms with Gasteiger partial charge >= 0.3 is 0 Å². The van der Waals surface area contributed by atoms with Gasteiger partial charge in [-0.25, -0.2) is 15.0 Å². The van der Waals surface area contributed by atoms with E-state index in [9.17, 15) is 0 Å². The summed E-state index contributed by atoms with van der Waals surface area (Å²) in [6.45, 7) is 0. The lowest BCUT2D eigenvalue weighted by molar-refractivity contribution is 0.671. The Morgan fingerprint density at radius 1 is 0.309 bits per heavy atom. The molecule has 0 saturated heterocycles. The second-order valence-electron chi connectivity index (χ2n) is 13.3. The topological polar surface area (TPSA) is 77.6 Å². The molecule has 0 bridgehead atoms. The molecule has 5 aromatic carbocycles. The average molecular weight is 706 g/mol. The third kappa shape index (κ3) is 6.11. The van der Waals surface area contributed by atoms with Crippen molar-refractivity contribution < 1.29 is 4.42 Å². The van der Waals surface area contributed by atoms with Crippen LogP contribution in [0.4, 0.5) is 0 Å². The van der Waals surface area contributed by atoms with Gasteiger partial charge < -0.3 is 4.42 Å². The SMILES string of the molecule is c1ccc(-c2cc(-c3cccc4c3oc3c(-c5cccc(-c6cc(-c7ccccn7)nc(-c7ccccn7)c6)c5)cccc34)nc(-c3ccccc3)n2)cc1. The molecule has 5 heterocycles. The Bertz CT molecular complexity index is 2850. The maximum absolute atomic E-state index is 6.93. The molecular weight excluding hydrogens is 675 g/mol. The zero-order chi connectivity index (χ0) is 36.6. The lowest BCUT2D eigenvalue weighted by atomic mass is 9.96. The fourth-order valence-corrected chi connectivity index (χ4v) is 7.16. The van der Waals surface area contributed by atoms with Gasteiger partial charge in [0.2, 0.25) is 0 Å². The van der Waals surface area contributed by atoms with Crippen molar-refractivity contribution in [3.05, 3.63) is 188 Å². The summed E-state index contributed by atoms with van der Waals surface area (Å²) in [5.41, 5.74) is 13.4. The molecule has 10 aromatic rings. The third-order valence-corrected chi connectivity index (χ3v) is 9.81. The zero-order valence-corrected chi connectivity index (χ0v) is 29.5. The minimum atomic E-state index is 0.663. The number of fused-ring (bicyclic) bond motifs is 3. The van der Waals surface area contributed by atoms with Crippen LogP contribution < -0.4 is 0 Å². The van der Waals surface area contributed by atoms with E-state index in [0.717, 1.165) is 95.0 Å². The van der Waals surface area contributed by atoms with Gasteiger partial charge in [-0.15, -0.1) is 0 Å². The van der Waals surface area contributed by atoms with Crippen LogP contribution >= 0.6 is 0 Å². The number of furan rings is 1. The van der Waals surface area contributed by atoms with Crippen LogP contribution in [0.5, 0.6) is 0 Å². The molecule has 0 N–H and O–H groups in total. The Hall–Kier alpha value is -7.57. The molecule has 0 fully saturated rings. The first-order chi connectivity index (χ1) is 27.2. The summed E-state index contributed by atoms with van der Waals surface area (Å²) in [4.78, 5) is 24.3. The van der Waals surface area contributed by atoms with Gasteiger partial charge in [-0.3, -0.25) is 9.97 Å². The van der Waals surface area contributed by atoms with Crippen molar-refractivity contribution in [1.29, 1.82) is 0 Å². The minimum absolute atomic E-state index is 0.663. The molecule has 55 heavy (non-hydrogen) atoms. The molecule has 10 rings (SSSR count). The normalized spacial score (nSPS) is 11.3. The summed E-state index contributed by atoms with van der Waals surface area (Å²) < 4.78 is 6.93. The van der Waals surface area contributed by atoms with Crippen molar-refractivity contribution in [1.82, 2.24) is 24.9 Å². The van der Waals surface area contributed by atoms with Crippen LogP contribution in [-0.2, 0) is 0 Å². The molecule has 258 valence electrons. The minimum Gasteiger partial charge on any atom is -0.455 e. The van der Waals surface area contributed by atoms with E-state index >= 15 is 0 Å². The first-order valence-corrected chi connectivity index (χ1v) is 18.2. The number of hydrogen-bond acceptors (Lipinski definition) is 6. The fraction of sp³-hybridized carbons (Fsp3) is 0. The van der Waals surface area contributed by atoms with Crippen LogP contribution in [0.15, 0.2) is 193 Å². The zero-order valence-electron chi connectivity index (χ0n) is 29.5. The predicted molar refractivity (Wildman–Crippen MR) is 221 cm³/mol. The monoisotopic (exact) mass is 705 g/mol. The highest BCUT2D eigenvalue weighted by Gasteiger charge is 2.19. The summed E-state index contributed by atoms with van der Waals surface area (Å²) in [6, 6.07) is 59.5. The van der Waals surface area contributed by atoms with E-state index in [-0.39, 0.29) is 0 Å². The molecule has 0 amide bonds. The molecule has 0 spiro atoms. The molecule has 0 aliphatic rings. The summed E-state index contributed by atoms with van der Waals surface area (Å²) in [5, 5.41) is 2.07. The first-order valence-electron chi connectivity index (χ1n) is 18.2. The summed E-state index contributed by atoms with van der Waals surface area (Å²) in [5.74, 6) is 0.663. The molecule has 5 aromatic heterocycles. The van der Waals surface area contributed by atoms with Crippen LogP contribution in [0, 0.1) is 0 Å². The van der Waals surface area contributed by atoms with E-state index in [4.69, 9.17) is 19.4 Å². The van der Waals surface area contributed by atoms with Crippen molar-refractivity contribution in [2.75, 3.05) is 0 Å². The molecule has 0 saturated carbocycles. The Balaban J connectivity index is 1.11. The fourth-order valence-electron chi connectivity index (χ4n) is 7.16. The Morgan fingerprint density at radius 2 is 0.855 bits per heavy atom. The summed E-state index contributed by atoms with van der Waals surface area (Å²) >= 11 is 0. The van der Waals surface area contributed by atoms with Gasteiger partial charge in [0, 0.05) is 45.4 Å². The van der Waals surface area contributed by atoms with Gasteiger partial charge in [-0.05, 0) is 71.3 Å². The lowest BCUT2D eigenvalue weighted by Crippen LogP contribution is -1.96. The van der Waals surface area contributed by atoms with Crippen molar-refractivity contribution >= 4 is 21.9 Å². The first kappa shape index (κ1) is 32.1. The maximum atomic E-state index is 6.93. The highest BCUT2D eigenvalue weighted by Crippen LogP contribution is 2.41. The lowest BCUT2D eigenvalue weighted by Gasteiger charge is -2.11. The van der Waals surface area contributed by atoms with E-state index in [0.29, 0.717) is 5.82 Å². The molecule has 0 unspecified atom stereocenters. The van der Waals surface area contributed by atoms with Crippen LogP contribution in [0.3, 0.4) is 0 Å². The van der Waals surface area contributed by atoms with Crippen LogP contribution in [-0.4, -0.2) is 24.9 Å². The quantitative estimate of drug-likeness (QED) is 0.164. The van der Waals surface area contributed by atoms with Gasteiger partial charge in [-0.1, -0.05) is 121 Å². The summed E-state index contributed by atoms with van der Waals surface area (Å²) in [6.07, 6.45) is 3.58. The molecular formula is C49H31N5O. The third-order valence-electron chi connectivity index (χ3n) is 9.81.